The molecule has 7 fully saturated rings. The SMILES string of the molecule is O=C(COC12CC3CC(C1)C(OC(=O)C(F)(F)S(=O)(=O)O)C(C3)C2)OC1C2CC3C(=O)OC1C3O2. The Balaban J connectivity index is 1.07. The molecule has 0 aromatic heterocycles. The van der Waals surface area contributed by atoms with Gasteiger partial charge in [0.25, 0.3) is 0 Å². The van der Waals surface area contributed by atoms with E-state index in [1.807, 2.05) is 0 Å². The Hall–Kier alpha value is -1.90. The Morgan fingerprint density at radius 2 is 1.74 bits per heavy atom. The number of carbonyl (C=O) groups excluding carboxylic acids is 3. The molecule has 6 bridgehead atoms. The molecule has 3 saturated heterocycles. The lowest BCUT2D eigenvalue weighted by Gasteiger charge is -2.58. The molecule has 194 valence electrons. The zero-order chi connectivity index (χ0) is 24.9. The first-order valence-electron chi connectivity index (χ1n) is 11.6. The Morgan fingerprint density at radius 1 is 1.06 bits per heavy atom. The van der Waals surface area contributed by atoms with Gasteiger partial charge >= 0.3 is 33.3 Å². The maximum Gasteiger partial charge on any atom is 0.465 e. The lowest BCUT2D eigenvalue weighted by Crippen LogP contribution is -2.60. The van der Waals surface area contributed by atoms with E-state index in [1.165, 1.54) is 0 Å². The lowest BCUT2D eigenvalue weighted by molar-refractivity contribution is -0.223. The number of alkyl halides is 2. The molecular weight excluding hydrogens is 498 g/mol. The third-order valence-electron chi connectivity index (χ3n) is 8.48. The Kier molecular flexibility index (Phi) is 5.07. The summed E-state index contributed by atoms with van der Waals surface area (Å²) in [5.41, 5.74) is -0.708. The molecule has 4 aliphatic carbocycles. The number of halogens is 2. The van der Waals surface area contributed by atoms with E-state index in [0.717, 1.165) is 0 Å². The molecular formula is C21H24F2O11S. The molecule has 0 radical (unpaired) electrons. The monoisotopic (exact) mass is 522 g/mol. The molecule has 4 saturated carbocycles. The highest BCUT2D eigenvalue weighted by molar-refractivity contribution is 7.87. The molecule has 11 nitrogen and oxygen atoms in total. The van der Waals surface area contributed by atoms with E-state index in [9.17, 15) is 31.6 Å². The van der Waals surface area contributed by atoms with Gasteiger partial charge in [-0.25, -0.2) is 9.59 Å². The van der Waals surface area contributed by atoms with Gasteiger partial charge in [-0.1, -0.05) is 0 Å². The van der Waals surface area contributed by atoms with Crippen molar-refractivity contribution < 1.29 is 59.8 Å². The Labute approximate surface area is 198 Å². The molecule has 1 N–H and O–H groups in total. The molecule has 7 rings (SSSR count). The van der Waals surface area contributed by atoms with Crippen LogP contribution in [0.25, 0.3) is 0 Å². The minimum absolute atomic E-state index is 0.189. The van der Waals surface area contributed by atoms with Crippen LogP contribution < -0.4 is 0 Å². The van der Waals surface area contributed by atoms with Crippen molar-refractivity contribution in [2.75, 3.05) is 6.61 Å². The summed E-state index contributed by atoms with van der Waals surface area (Å²) in [7, 11) is -5.95. The molecule has 0 spiro atoms. The van der Waals surface area contributed by atoms with Gasteiger partial charge in [0.2, 0.25) is 0 Å². The maximum absolute atomic E-state index is 13.7. The standard InChI is InChI=1S/C21H24F2O11S/c22-21(23,35(27,28)29)19(26)34-14-9-1-8-2-10(14)6-20(4-8,5-9)30-7-13(24)32-16-12-3-11-15(31-12)17(16)33-18(11)25/h8-12,14-17H,1-7H2,(H,27,28,29). The van der Waals surface area contributed by atoms with Crippen molar-refractivity contribution in [2.45, 2.75) is 79.9 Å². The van der Waals surface area contributed by atoms with Crippen molar-refractivity contribution in [1.29, 1.82) is 0 Å². The van der Waals surface area contributed by atoms with E-state index in [0.29, 0.717) is 38.5 Å². The van der Waals surface area contributed by atoms with Crippen LogP contribution in [0.15, 0.2) is 0 Å². The summed E-state index contributed by atoms with van der Waals surface area (Å²) in [6.45, 7) is -0.352. The normalized spacial score (nSPS) is 45.0. The smallest absolute Gasteiger partial charge is 0.456 e. The number of hydrogen-bond acceptors (Lipinski definition) is 10. The first kappa shape index (κ1) is 23.5. The van der Waals surface area contributed by atoms with Gasteiger partial charge in [0.05, 0.1) is 17.6 Å². The van der Waals surface area contributed by atoms with E-state index in [4.69, 9.17) is 28.2 Å². The minimum Gasteiger partial charge on any atom is -0.456 e. The van der Waals surface area contributed by atoms with Crippen molar-refractivity contribution in [1.82, 2.24) is 0 Å². The van der Waals surface area contributed by atoms with Crippen LogP contribution in [0.3, 0.4) is 0 Å². The molecule has 7 atom stereocenters. The Bertz CT molecular complexity index is 1060. The van der Waals surface area contributed by atoms with E-state index in [1.54, 1.807) is 0 Å². The maximum atomic E-state index is 13.7. The largest absolute Gasteiger partial charge is 0.465 e. The third-order valence-corrected chi connectivity index (χ3v) is 9.30. The van der Waals surface area contributed by atoms with Gasteiger partial charge in [-0.3, -0.25) is 9.35 Å². The summed E-state index contributed by atoms with van der Waals surface area (Å²) in [5.74, 6) is -4.05. The predicted octanol–water partition coefficient (Wildman–Crippen LogP) is 0.599. The molecule has 7 unspecified atom stereocenters. The minimum atomic E-state index is -5.95. The quantitative estimate of drug-likeness (QED) is 0.284. The molecule has 14 heteroatoms. The van der Waals surface area contributed by atoms with Gasteiger partial charge in [-0.2, -0.15) is 17.2 Å². The van der Waals surface area contributed by atoms with Crippen LogP contribution in [0.5, 0.6) is 0 Å². The van der Waals surface area contributed by atoms with E-state index in [-0.39, 0.29) is 48.5 Å². The van der Waals surface area contributed by atoms with Crippen molar-refractivity contribution >= 4 is 28.0 Å². The lowest BCUT2D eigenvalue weighted by atomic mass is 9.53. The number of rotatable bonds is 7. The van der Waals surface area contributed by atoms with Gasteiger partial charge in [0, 0.05) is 0 Å². The van der Waals surface area contributed by atoms with Crippen LogP contribution in [0.4, 0.5) is 8.78 Å². The fourth-order valence-corrected chi connectivity index (χ4v) is 7.61. The predicted molar refractivity (Wildman–Crippen MR) is 105 cm³/mol. The van der Waals surface area contributed by atoms with Crippen LogP contribution in [-0.4, -0.2) is 78.9 Å². The van der Waals surface area contributed by atoms with E-state index < -0.39 is 51.2 Å². The molecule has 3 heterocycles. The topological polar surface area (TPSA) is 152 Å². The van der Waals surface area contributed by atoms with Gasteiger partial charge < -0.3 is 23.7 Å². The fourth-order valence-electron chi connectivity index (χ4n) is 7.35. The summed E-state index contributed by atoms with van der Waals surface area (Å²) in [6.07, 6.45) is 0.0168. The fraction of sp³-hybridized carbons (Fsp3) is 0.857. The number of carbonyl (C=O) groups is 3. The zero-order valence-corrected chi connectivity index (χ0v) is 19.2. The van der Waals surface area contributed by atoms with Crippen molar-refractivity contribution in [3.63, 3.8) is 0 Å². The zero-order valence-electron chi connectivity index (χ0n) is 18.3. The average molecular weight is 522 g/mol. The Morgan fingerprint density at radius 3 is 2.40 bits per heavy atom. The van der Waals surface area contributed by atoms with Gasteiger partial charge in [0.1, 0.15) is 18.8 Å². The highest BCUT2D eigenvalue weighted by Crippen LogP contribution is 2.58. The second kappa shape index (κ2) is 7.56. The van der Waals surface area contributed by atoms with E-state index in [2.05, 4.69) is 0 Å². The van der Waals surface area contributed by atoms with Gasteiger partial charge in [-0.05, 0) is 56.3 Å². The number of esters is 3. The summed E-state index contributed by atoms with van der Waals surface area (Å²) < 4.78 is 85.3. The third kappa shape index (κ3) is 3.58. The number of fused-ring (bicyclic) bond motifs is 1. The first-order chi connectivity index (χ1) is 16.4. The number of ether oxygens (including phenoxy) is 5. The molecule has 3 aliphatic heterocycles. The van der Waals surface area contributed by atoms with Crippen LogP contribution >= 0.6 is 0 Å². The van der Waals surface area contributed by atoms with Crippen LogP contribution in [0, 0.1) is 23.7 Å². The molecule has 35 heavy (non-hydrogen) atoms. The van der Waals surface area contributed by atoms with E-state index >= 15 is 0 Å². The summed E-state index contributed by atoms with van der Waals surface area (Å²) in [5, 5.41) is -5.04. The van der Waals surface area contributed by atoms with Crippen molar-refractivity contribution in [3.05, 3.63) is 0 Å². The second-order valence-electron chi connectivity index (χ2n) is 10.6. The van der Waals surface area contributed by atoms with Crippen LogP contribution in [0.1, 0.15) is 38.5 Å². The molecule has 0 aromatic carbocycles. The summed E-state index contributed by atoms with van der Waals surface area (Å²) >= 11 is 0. The summed E-state index contributed by atoms with van der Waals surface area (Å²) in [6, 6.07) is 0. The van der Waals surface area contributed by atoms with Crippen molar-refractivity contribution in [2.24, 2.45) is 23.7 Å². The summed E-state index contributed by atoms with van der Waals surface area (Å²) in [4.78, 5) is 36.2. The number of hydrogen-bond donors (Lipinski definition) is 1. The van der Waals surface area contributed by atoms with Crippen LogP contribution in [-0.2, 0) is 48.2 Å². The highest BCUT2D eigenvalue weighted by atomic mass is 32.2. The first-order valence-corrected chi connectivity index (χ1v) is 13.1. The highest BCUT2D eigenvalue weighted by Gasteiger charge is 2.65. The van der Waals surface area contributed by atoms with Gasteiger partial charge in [0.15, 0.2) is 12.2 Å². The molecule has 0 amide bonds. The molecule has 7 aliphatic rings. The van der Waals surface area contributed by atoms with Crippen molar-refractivity contribution in [3.8, 4) is 0 Å². The second-order valence-corrected chi connectivity index (χ2v) is 12.1. The molecule has 0 aromatic rings. The van der Waals surface area contributed by atoms with Gasteiger partial charge in [-0.15, -0.1) is 0 Å². The average Bonchev–Trinajstić information content (AvgIpc) is 3.39. The van der Waals surface area contributed by atoms with Crippen LogP contribution in [0.2, 0.25) is 0 Å².